The van der Waals surface area contributed by atoms with Crippen LogP contribution in [0.25, 0.3) is 33.8 Å². The van der Waals surface area contributed by atoms with Crippen LogP contribution in [0.1, 0.15) is 12.0 Å². The van der Waals surface area contributed by atoms with E-state index in [0.717, 1.165) is 22.3 Å². The Morgan fingerprint density at radius 1 is 1.00 bits per heavy atom. The Hall–Kier alpha value is -3.72. The van der Waals surface area contributed by atoms with Gasteiger partial charge in [0.25, 0.3) is 0 Å². The van der Waals surface area contributed by atoms with Crippen molar-refractivity contribution in [3.8, 4) is 11.3 Å². The van der Waals surface area contributed by atoms with Gasteiger partial charge in [0.15, 0.2) is 5.65 Å². The number of nitrogens with zero attached hydrogens (tertiary/aromatic N) is 3. The molecule has 0 spiro atoms. The van der Waals surface area contributed by atoms with Crippen molar-refractivity contribution in [2.24, 2.45) is 0 Å². The van der Waals surface area contributed by atoms with E-state index in [4.69, 9.17) is 16.6 Å². The Balaban J connectivity index is 1.31. The van der Waals surface area contributed by atoms with E-state index in [9.17, 15) is 8.42 Å². The van der Waals surface area contributed by atoms with Crippen molar-refractivity contribution < 1.29 is 8.42 Å². The van der Waals surface area contributed by atoms with Crippen LogP contribution in [0.2, 0.25) is 5.02 Å². The minimum Gasteiger partial charge on any atom is -0.370 e. The molecule has 0 aliphatic rings. The van der Waals surface area contributed by atoms with Gasteiger partial charge in [-0.3, -0.25) is 0 Å². The minimum absolute atomic E-state index is 0.279. The van der Waals surface area contributed by atoms with Crippen molar-refractivity contribution in [1.29, 1.82) is 0 Å². The van der Waals surface area contributed by atoms with Crippen molar-refractivity contribution in [1.82, 2.24) is 19.3 Å². The van der Waals surface area contributed by atoms with Crippen molar-refractivity contribution in [2.45, 2.75) is 11.3 Å². The number of anilines is 1. The molecule has 5 aromatic rings. The highest BCUT2D eigenvalue weighted by atomic mass is 35.5. The summed E-state index contributed by atoms with van der Waals surface area (Å²) in [4.78, 5) is 5.03. The molecular formula is C27H24ClN5O2S. The lowest BCUT2D eigenvalue weighted by atomic mass is 10.1. The number of halogens is 1. The Morgan fingerprint density at radius 3 is 2.61 bits per heavy atom. The van der Waals surface area contributed by atoms with Gasteiger partial charge in [-0.15, -0.1) is 0 Å². The first-order valence-electron chi connectivity index (χ1n) is 11.5. The van der Waals surface area contributed by atoms with Crippen molar-refractivity contribution in [2.75, 3.05) is 18.4 Å². The van der Waals surface area contributed by atoms with Gasteiger partial charge in [-0.05, 0) is 23.9 Å². The van der Waals surface area contributed by atoms with Gasteiger partial charge < -0.3 is 5.32 Å². The van der Waals surface area contributed by atoms with E-state index < -0.39 is 10.0 Å². The molecule has 0 fully saturated rings. The molecule has 0 unspecified atom stereocenters. The van der Waals surface area contributed by atoms with E-state index >= 15 is 0 Å². The fourth-order valence-corrected chi connectivity index (χ4v) is 5.61. The number of rotatable bonds is 9. The number of hydrogen-bond donors (Lipinski definition) is 2. The molecular weight excluding hydrogens is 494 g/mol. The maximum Gasteiger partial charge on any atom is 0.241 e. The third-order valence-electron chi connectivity index (χ3n) is 5.86. The normalized spacial score (nSPS) is 11.7. The van der Waals surface area contributed by atoms with Crippen molar-refractivity contribution >= 4 is 49.9 Å². The maximum atomic E-state index is 12.9. The van der Waals surface area contributed by atoms with Gasteiger partial charge in [0, 0.05) is 40.7 Å². The van der Waals surface area contributed by atoms with Gasteiger partial charge in [-0.2, -0.15) is 9.61 Å². The predicted octanol–water partition coefficient (Wildman–Crippen LogP) is 5.63. The third-order valence-corrected chi connectivity index (χ3v) is 7.71. The van der Waals surface area contributed by atoms with Crippen LogP contribution in [-0.4, -0.2) is 36.1 Å². The van der Waals surface area contributed by atoms with E-state index in [-0.39, 0.29) is 11.4 Å². The smallest absolute Gasteiger partial charge is 0.241 e. The van der Waals surface area contributed by atoms with Gasteiger partial charge >= 0.3 is 0 Å². The molecule has 2 heterocycles. The summed E-state index contributed by atoms with van der Waals surface area (Å²) < 4.78 is 30.3. The van der Waals surface area contributed by atoms with Crippen molar-refractivity contribution in [3.63, 3.8) is 0 Å². The lowest BCUT2D eigenvalue weighted by Crippen LogP contribution is -2.26. The van der Waals surface area contributed by atoms with E-state index in [1.54, 1.807) is 28.9 Å². The number of sulfonamides is 1. The number of hydrogen-bond acceptors (Lipinski definition) is 5. The standard InChI is InChI=1S/C27H24ClN5O2S/c1-2-19-18-30-33-26(17-24(32-27(19)33)22-12-5-6-13-23(22)28)29-15-8-16-31-36(34,35)25-14-7-10-20-9-3-4-11-21(20)25/h2-7,9-14,17-18,29,31H,1,8,15-16H2. The molecule has 0 aliphatic carbocycles. The lowest BCUT2D eigenvalue weighted by molar-refractivity contribution is 0.581. The topological polar surface area (TPSA) is 88.4 Å². The summed E-state index contributed by atoms with van der Waals surface area (Å²) in [6.45, 7) is 4.65. The zero-order valence-corrected chi connectivity index (χ0v) is 20.9. The van der Waals surface area contributed by atoms with Crippen LogP contribution < -0.4 is 10.0 Å². The molecule has 0 bridgehead atoms. The summed E-state index contributed by atoms with van der Waals surface area (Å²) in [7, 11) is -3.65. The zero-order chi connectivity index (χ0) is 25.1. The number of fused-ring (bicyclic) bond motifs is 2. The van der Waals surface area contributed by atoms with Crippen LogP contribution in [-0.2, 0) is 10.0 Å². The highest BCUT2D eigenvalue weighted by Gasteiger charge is 2.17. The van der Waals surface area contributed by atoms with E-state index in [0.29, 0.717) is 34.7 Å². The molecule has 9 heteroatoms. The zero-order valence-electron chi connectivity index (χ0n) is 19.4. The molecule has 182 valence electrons. The second-order valence-electron chi connectivity index (χ2n) is 8.20. The second kappa shape index (κ2) is 10.1. The van der Waals surface area contributed by atoms with Gasteiger partial charge in [-0.25, -0.2) is 18.1 Å². The Morgan fingerprint density at radius 2 is 1.78 bits per heavy atom. The van der Waals surface area contributed by atoms with Crippen molar-refractivity contribution in [3.05, 3.63) is 96.2 Å². The molecule has 0 saturated carbocycles. The highest BCUT2D eigenvalue weighted by Crippen LogP contribution is 2.29. The van der Waals surface area contributed by atoms with Gasteiger partial charge in [-0.1, -0.05) is 78.9 Å². The first kappa shape index (κ1) is 24.0. The van der Waals surface area contributed by atoms with Crippen LogP contribution >= 0.6 is 11.6 Å². The summed E-state index contributed by atoms with van der Waals surface area (Å²) in [5.74, 6) is 0.722. The molecule has 2 N–H and O–H groups in total. The molecule has 7 nitrogen and oxygen atoms in total. The first-order valence-corrected chi connectivity index (χ1v) is 13.3. The third kappa shape index (κ3) is 4.70. The number of nitrogens with one attached hydrogen (secondary N) is 2. The Kier molecular flexibility index (Phi) is 6.73. The largest absolute Gasteiger partial charge is 0.370 e. The van der Waals surface area contributed by atoms with Crippen LogP contribution in [0.15, 0.2) is 90.5 Å². The average molecular weight is 518 g/mol. The first-order chi connectivity index (χ1) is 17.5. The monoisotopic (exact) mass is 517 g/mol. The fourth-order valence-electron chi connectivity index (χ4n) is 4.08. The number of benzene rings is 3. The second-order valence-corrected chi connectivity index (χ2v) is 10.3. The molecule has 0 amide bonds. The molecule has 0 saturated heterocycles. The van der Waals surface area contributed by atoms with E-state index in [1.807, 2.05) is 60.7 Å². The van der Waals surface area contributed by atoms with Gasteiger partial charge in [0.05, 0.1) is 16.8 Å². The fraction of sp³-hybridized carbons (Fsp3) is 0.111. The molecule has 2 aromatic heterocycles. The van der Waals surface area contributed by atoms with Crippen LogP contribution in [0.4, 0.5) is 5.82 Å². The Bertz CT molecular complexity index is 1680. The minimum atomic E-state index is -3.65. The van der Waals surface area contributed by atoms with E-state index in [1.165, 1.54) is 0 Å². The molecule has 3 aromatic carbocycles. The summed E-state index contributed by atoms with van der Waals surface area (Å²) in [6.07, 6.45) is 3.97. The lowest BCUT2D eigenvalue weighted by Gasteiger charge is -2.13. The van der Waals surface area contributed by atoms with Gasteiger partial charge in [0.1, 0.15) is 5.82 Å². The summed E-state index contributed by atoms with van der Waals surface area (Å²) in [5.41, 5.74) is 2.97. The maximum absolute atomic E-state index is 12.9. The van der Waals surface area contributed by atoms with Crippen LogP contribution in [0.3, 0.4) is 0 Å². The summed E-state index contributed by atoms with van der Waals surface area (Å²) in [6, 6.07) is 22.1. The highest BCUT2D eigenvalue weighted by molar-refractivity contribution is 7.89. The molecule has 0 atom stereocenters. The average Bonchev–Trinajstić information content (AvgIpc) is 3.31. The molecule has 5 rings (SSSR count). The SMILES string of the molecule is C=Cc1cnn2c(NCCCNS(=O)(=O)c3cccc4ccccc34)cc(-c3ccccc3Cl)nc12. The number of aromatic nitrogens is 3. The Labute approximate surface area is 214 Å². The quantitative estimate of drug-likeness (QED) is 0.247. The summed E-state index contributed by atoms with van der Waals surface area (Å²) >= 11 is 6.42. The summed E-state index contributed by atoms with van der Waals surface area (Å²) in [5, 5.41) is 9.98. The molecule has 0 aliphatic heterocycles. The van der Waals surface area contributed by atoms with Crippen LogP contribution in [0, 0.1) is 0 Å². The molecule has 36 heavy (non-hydrogen) atoms. The van der Waals surface area contributed by atoms with Crippen LogP contribution in [0.5, 0.6) is 0 Å². The molecule has 0 radical (unpaired) electrons. The predicted molar refractivity (Wildman–Crippen MR) is 146 cm³/mol. The van der Waals surface area contributed by atoms with Gasteiger partial charge in [0.2, 0.25) is 10.0 Å². The van der Waals surface area contributed by atoms with E-state index in [2.05, 4.69) is 21.7 Å².